The molecule has 0 amide bonds. The minimum absolute atomic E-state index is 0.0760. The van der Waals surface area contributed by atoms with Crippen LogP contribution in [-0.2, 0) is 4.74 Å². The molecule has 2 aliphatic heterocycles. The van der Waals surface area contributed by atoms with E-state index < -0.39 is 0 Å². The van der Waals surface area contributed by atoms with Crippen LogP contribution in [0, 0.1) is 40.9 Å². The molecule has 4 nitrogen and oxygen atoms in total. The van der Waals surface area contributed by atoms with E-state index in [2.05, 4.69) is 33.0 Å². The third kappa shape index (κ3) is 2.80. The lowest BCUT2D eigenvalue weighted by Crippen LogP contribution is -2.53. The van der Waals surface area contributed by atoms with Gasteiger partial charge < -0.3 is 20.3 Å². The van der Waals surface area contributed by atoms with E-state index in [0.717, 1.165) is 38.6 Å². The molecule has 4 heteroatoms. The first-order chi connectivity index (χ1) is 14.7. The summed E-state index contributed by atoms with van der Waals surface area (Å²) < 4.78 is 7.01. The van der Waals surface area contributed by atoms with Crippen molar-refractivity contribution in [3.8, 4) is 0 Å². The zero-order valence-corrected chi connectivity index (χ0v) is 19.9. The van der Waals surface area contributed by atoms with Gasteiger partial charge in [0, 0.05) is 12.0 Å². The molecule has 2 saturated heterocycles. The Morgan fingerprint density at radius 3 is 2.65 bits per heavy atom. The summed E-state index contributed by atoms with van der Waals surface area (Å²) >= 11 is 0. The zero-order valence-electron chi connectivity index (χ0n) is 19.9. The second kappa shape index (κ2) is 7.04. The summed E-state index contributed by atoms with van der Waals surface area (Å²) in [6.45, 7) is 10.7. The fourth-order valence-corrected chi connectivity index (χ4v) is 9.72. The summed E-state index contributed by atoms with van der Waals surface area (Å²) in [4.78, 5) is 0. The first-order valence-electron chi connectivity index (χ1n) is 13.2. The van der Waals surface area contributed by atoms with Crippen LogP contribution >= 0.6 is 0 Å². The number of rotatable bonds is 0. The molecule has 0 aromatic rings. The maximum Gasteiger partial charge on any atom is 0.0937 e. The van der Waals surface area contributed by atoms with Crippen molar-refractivity contribution in [2.45, 2.75) is 109 Å². The minimum Gasteiger partial charge on any atom is -0.393 e. The van der Waals surface area contributed by atoms with Crippen LogP contribution in [0.15, 0.2) is 11.1 Å². The highest BCUT2D eigenvalue weighted by Gasteiger charge is 2.62. The molecule has 0 radical (unpaired) electrons. The van der Waals surface area contributed by atoms with Crippen molar-refractivity contribution < 1.29 is 14.9 Å². The number of hydrogen-bond acceptors (Lipinski definition) is 4. The van der Waals surface area contributed by atoms with Crippen LogP contribution in [-0.4, -0.2) is 46.7 Å². The van der Waals surface area contributed by atoms with E-state index in [4.69, 9.17) is 4.74 Å². The monoisotopic (exact) mass is 429 g/mol. The van der Waals surface area contributed by atoms with E-state index in [0.29, 0.717) is 41.7 Å². The fraction of sp³-hybridized carbons (Fsp3) is 0.926. The first-order valence-corrected chi connectivity index (χ1v) is 13.2. The summed E-state index contributed by atoms with van der Waals surface area (Å²) in [6, 6.07) is 0.496. The van der Waals surface area contributed by atoms with Gasteiger partial charge in [-0.25, -0.2) is 0 Å². The predicted octanol–water partition coefficient (Wildman–Crippen LogP) is 4.05. The zero-order chi connectivity index (χ0) is 21.7. The van der Waals surface area contributed by atoms with Gasteiger partial charge in [0.25, 0.3) is 0 Å². The molecule has 1 spiro atoms. The van der Waals surface area contributed by atoms with E-state index in [1.807, 2.05) is 0 Å². The number of aliphatic hydroxyl groups is 2. The van der Waals surface area contributed by atoms with Crippen molar-refractivity contribution in [1.29, 1.82) is 0 Å². The summed E-state index contributed by atoms with van der Waals surface area (Å²) in [5.74, 6) is 3.41. The second-order valence-corrected chi connectivity index (χ2v) is 12.7. The Kier molecular flexibility index (Phi) is 4.80. The molecule has 3 saturated carbocycles. The Morgan fingerprint density at radius 1 is 1.03 bits per heavy atom. The topological polar surface area (TPSA) is 61.7 Å². The summed E-state index contributed by atoms with van der Waals surface area (Å²) in [5, 5.41) is 25.3. The van der Waals surface area contributed by atoms with Crippen molar-refractivity contribution >= 4 is 0 Å². The molecule has 3 N–H and O–H groups in total. The van der Waals surface area contributed by atoms with Crippen LogP contribution in [0.1, 0.15) is 79.1 Å². The first kappa shape index (κ1) is 21.1. The maximum atomic E-state index is 11.1. The number of ether oxygens (including phenoxy) is 1. The highest BCUT2D eigenvalue weighted by Crippen LogP contribution is 2.66. The molecule has 5 fully saturated rings. The summed E-state index contributed by atoms with van der Waals surface area (Å²) in [5.41, 5.74) is 3.35. The summed E-state index contributed by atoms with van der Waals surface area (Å²) in [7, 11) is 0. The average molecular weight is 430 g/mol. The quantitative estimate of drug-likeness (QED) is 0.509. The number of fused-ring (bicyclic) bond motifs is 6. The Balaban J connectivity index is 1.34. The smallest absolute Gasteiger partial charge is 0.0937 e. The number of hydrogen-bond donors (Lipinski definition) is 3. The van der Waals surface area contributed by atoms with Crippen LogP contribution < -0.4 is 5.32 Å². The predicted molar refractivity (Wildman–Crippen MR) is 121 cm³/mol. The van der Waals surface area contributed by atoms with E-state index in [1.54, 1.807) is 11.1 Å². The van der Waals surface area contributed by atoms with Gasteiger partial charge in [0.1, 0.15) is 0 Å². The molecule has 12 atom stereocenters. The molecule has 0 aromatic heterocycles. The van der Waals surface area contributed by atoms with Crippen molar-refractivity contribution in [3.05, 3.63) is 11.1 Å². The van der Waals surface area contributed by atoms with Crippen LogP contribution in [0.25, 0.3) is 0 Å². The molecule has 2 unspecified atom stereocenters. The highest BCUT2D eigenvalue weighted by atomic mass is 16.5. The van der Waals surface area contributed by atoms with Crippen LogP contribution in [0.3, 0.4) is 0 Å². The molecule has 2 heterocycles. The minimum atomic E-state index is -0.244. The third-order valence-corrected chi connectivity index (χ3v) is 11.5. The number of piperidine rings is 1. The van der Waals surface area contributed by atoms with Crippen molar-refractivity contribution in [2.24, 2.45) is 40.9 Å². The van der Waals surface area contributed by atoms with Crippen molar-refractivity contribution in [2.75, 3.05) is 6.54 Å². The Hall–Kier alpha value is -0.420. The molecule has 6 aliphatic rings. The Morgan fingerprint density at radius 2 is 1.84 bits per heavy atom. The number of allylic oxidation sites excluding steroid dienone is 1. The van der Waals surface area contributed by atoms with Gasteiger partial charge in [-0.3, -0.25) is 0 Å². The third-order valence-electron chi connectivity index (χ3n) is 11.5. The van der Waals surface area contributed by atoms with Gasteiger partial charge in [-0.05, 0) is 105 Å². The van der Waals surface area contributed by atoms with Crippen molar-refractivity contribution in [1.82, 2.24) is 5.32 Å². The van der Waals surface area contributed by atoms with E-state index in [9.17, 15) is 10.2 Å². The van der Waals surface area contributed by atoms with E-state index >= 15 is 0 Å². The number of aliphatic hydroxyl groups excluding tert-OH is 2. The standard InChI is InChI=1S/C27H43NO3/c1-14-9-24-25(28-13-14)16(3)27(31-24)8-6-18-19(15(27)2)11-21-20(18)12-23(30)22-10-17(29)5-7-26(21,22)4/h14,16-18,20-25,28-30H,5-13H2,1-4H3/t14-,16+,17-,18+,20-,21-,22?,23-,24?,25-,26+,27-/m0/s1. The molecular weight excluding hydrogens is 386 g/mol. The molecule has 6 rings (SSSR count). The molecule has 4 aliphatic carbocycles. The molecule has 31 heavy (non-hydrogen) atoms. The molecule has 174 valence electrons. The lowest BCUT2D eigenvalue weighted by Gasteiger charge is -2.55. The Labute approximate surface area is 188 Å². The van der Waals surface area contributed by atoms with Gasteiger partial charge in [0.2, 0.25) is 0 Å². The van der Waals surface area contributed by atoms with E-state index in [-0.39, 0.29) is 29.1 Å². The van der Waals surface area contributed by atoms with E-state index in [1.165, 1.54) is 19.3 Å². The van der Waals surface area contributed by atoms with Crippen LogP contribution in [0.2, 0.25) is 0 Å². The summed E-state index contributed by atoms with van der Waals surface area (Å²) in [6.07, 6.45) is 8.37. The second-order valence-electron chi connectivity index (χ2n) is 12.7. The maximum absolute atomic E-state index is 11.1. The molecular formula is C27H43NO3. The lowest BCUT2D eigenvalue weighted by atomic mass is 9.51. The SMILES string of the molecule is CC1=C2C[C@H]3[C@@H](C[C@H](O)C4C[C@@H](O)CC[C@@]43C)[C@@H]2CC[C@]12OC1C[C@H](C)CN[C@H]1[C@H]2C. The fourth-order valence-electron chi connectivity index (χ4n) is 9.72. The van der Waals surface area contributed by atoms with Gasteiger partial charge in [-0.1, -0.05) is 26.3 Å². The van der Waals surface area contributed by atoms with Crippen LogP contribution in [0.5, 0.6) is 0 Å². The lowest BCUT2D eigenvalue weighted by molar-refractivity contribution is -0.130. The average Bonchev–Trinajstić information content (AvgIpc) is 3.23. The van der Waals surface area contributed by atoms with Crippen LogP contribution in [0.4, 0.5) is 0 Å². The van der Waals surface area contributed by atoms with Gasteiger partial charge >= 0.3 is 0 Å². The van der Waals surface area contributed by atoms with Gasteiger partial charge in [-0.15, -0.1) is 0 Å². The van der Waals surface area contributed by atoms with Gasteiger partial charge in [0.05, 0.1) is 23.9 Å². The van der Waals surface area contributed by atoms with Gasteiger partial charge in [0.15, 0.2) is 0 Å². The number of nitrogens with one attached hydrogen (secondary N) is 1. The van der Waals surface area contributed by atoms with Gasteiger partial charge in [-0.2, -0.15) is 0 Å². The van der Waals surface area contributed by atoms with Crippen molar-refractivity contribution in [3.63, 3.8) is 0 Å². The molecule has 0 bridgehead atoms. The molecule has 0 aromatic carbocycles. The normalized spacial score (nSPS) is 58.6. The Bertz CT molecular complexity index is 780. The largest absolute Gasteiger partial charge is 0.393 e. The highest BCUT2D eigenvalue weighted by molar-refractivity contribution is 5.36.